The number of aryl methyl sites for hydroxylation is 1. The van der Waals surface area contributed by atoms with Crippen molar-refractivity contribution in [2.45, 2.75) is 20.0 Å². The second-order valence-corrected chi connectivity index (χ2v) is 5.95. The molecule has 0 atom stereocenters. The normalized spacial score (nSPS) is 10.5. The Balaban J connectivity index is 2.01. The SMILES string of the molecule is COc1cc(C[NH2+]Cc2ccc(C)cc2)cc(Cl)c1OCC(N)=O. The highest BCUT2D eigenvalue weighted by Gasteiger charge is 2.13. The van der Waals surface area contributed by atoms with Gasteiger partial charge in [0, 0.05) is 11.1 Å². The average Bonchev–Trinajstić information content (AvgIpc) is 2.55. The molecule has 6 heteroatoms. The number of primary amides is 1. The van der Waals surface area contributed by atoms with E-state index in [-0.39, 0.29) is 6.61 Å². The van der Waals surface area contributed by atoms with E-state index in [4.69, 9.17) is 26.8 Å². The molecule has 4 N–H and O–H groups in total. The highest BCUT2D eigenvalue weighted by Crippen LogP contribution is 2.36. The number of halogens is 1. The summed E-state index contributed by atoms with van der Waals surface area (Å²) in [5.41, 5.74) is 8.61. The second-order valence-electron chi connectivity index (χ2n) is 5.55. The number of rotatable bonds is 8. The highest BCUT2D eigenvalue weighted by atomic mass is 35.5. The van der Waals surface area contributed by atoms with Crippen LogP contribution in [0.15, 0.2) is 36.4 Å². The van der Waals surface area contributed by atoms with E-state index in [0.29, 0.717) is 16.5 Å². The minimum Gasteiger partial charge on any atom is -0.493 e. The summed E-state index contributed by atoms with van der Waals surface area (Å²) in [5, 5.41) is 2.58. The van der Waals surface area contributed by atoms with Crippen LogP contribution in [0.1, 0.15) is 16.7 Å². The molecule has 0 fully saturated rings. The standard InChI is InChI=1S/C18H21ClN2O3/c1-12-3-5-13(6-4-12)9-21-10-14-7-15(19)18(16(8-14)23-2)24-11-17(20)22/h3-8,21H,9-11H2,1-2H3,(H2,20,22)/p+1. The van der Waals surface area contributed by atoms with Crippen molar-refractivity contribution >= 4 is 17.5 Å². The third-order valence-corrected chi connectivity index (χ3v) is 3.81. The molecular formula is C18H22ClN2O3+. The van der Waals surface area contributed by atoms with Crippen molar-refractivity contribution in [2.75, 3.05) is 13.7 Å². The summed E-state index contributed by atoms with van der Waals surface area (Å²) in [6.07, 6.45) is 0. The topological polar surface area (TPSA) is 78.2 Å². The quantitative estimate of drug-likeness (QED) is 0.762. The van der Waals surface area contributed by atoms with Crippen LogP contribution in [0, 0.1) is 6.92 Å². The number of carbonyl (C=O) groups excluding carboxylic acids is 1. The maximum Gasteiger partial charge on any atom is 0.255 e. The molecule has 0 aromatic heterocycles. The lowest BCUT2D eigenvalue weighted by atomic mass is 10.1. The van der Waals surface area contributed by atoms with Gasteiger partial charge in [-0.2, -0.15) is 0 Å². The fourth-order valence-electron chi connectivity index (χ4n) is 2.30. The molecule has 2 aromatic carbocycles. The lowest BCUT2D eigenvalue weighted by molar-refractivity contribution is -0.686. The Hall–Kier alpha value is -2.24. The molecule has 24 heavy (non-hydrogen) atoms. The smallest absolute Gasteiger partial charge is 0.255 e. The van der Waals surface area contributed by atoms with Crippen LogP contribution in [0.2, 0.25) is 5.02 Å². The molecular weight excluding hydrogens is 328 g/mol. The van der Waals surface area contributed by atoms with E-state index in [2.05, 4.69) is 36.5 Å². The van der Waals surface area contributed by atoms with Crippen LogP contribution in [0.5, 0.6) is 11.5 Å². The molecule has 0 bridgehead atoms. The molecule has 0 saturated carbocycles. The summed E-state index contributed by atoms with van der Waals surface area (Å²) in [5.74, 6) is 0.256. The predicted octanol–water partition coefficient (Wildman–Crippen LogP) is 1.78. The summed E-state index contributed by atoms with van der Waals surface area (Å²) in [6, 6.07) is 12.1. The van der Waals surface area contributed by atoms with Gasteiger partial charge in [0.15, 0.2) is 18.1 Å². The number of benzene rings is 2. The van der Waals surface area contributed by atoms with Crippen molar-refractivity contribution in [1.82, 2.24) is 0 Å². The zero-order valence-electron chi connectivity index (χ0n) is 13.8. The number of quaternary nitrogens is 1. The average molecular weight is 350 g/mol. The van der Waals surface area contributed by atoms with Gasteiger partial charge in [-0.1, -0.05) is 41.4 Å². The van der Waals surface area contributed by atoms with Crippen LogP contribution in [0.4, 0.5) is 0 Å². The molecule has 0 radical (unpaired) electrons. The van der Waals surface area contributed by atoms with Crippen molar-refractivity contribution < 1.29 is 19.6 Å². The van der Waals surface area contributed by atoms with Gasteiger partial charge in [-0.15, -0.1) is 0 Å². The van der Waals surface area contributed by atoms with Gasteiger partial charge in [-0.05, 0) is 19.1 Å². The van der Waals surface area contributed by atoms with E-state index in [0.717, 1.165) is 18.7 Å². The molecule has 0 aliphatic carbocycles. The summed E-state index contributed by atoms with van der Waals surface area (Å²) in [7, 11) is 1.53. The molecule has 0 heterocycles. The molecule has 0 aliphatic rings. The first-order valence-corrected chi connectivity index (χ1v) is 8.02. The van der Waals surface area contributed by atoms with E-state index in [1.165, 1.54) is 18.2 Å². The number of amides is 1. The molecule has 5 nitrogen and oxygen atoms in total. The van der Waals surface area contributed by atoms with E-state index in [1.54, 1.807) is 0 Å². The summed E-state index contributed by atoms with van der Waals surface area (Å²) >= 11 is 6.24. The molecule has 0 spiro atoms. The fraction of sp³-hybridized carbons (Fsp3) is 0.278. The third kappa shape index (κ3) is 5.15. The van der Waals surface area contributed by atoms with E-state index in [1.807, 2.05) is 12.1 Å². The molecule has 0 aliphatic heterocycles. The molecule has 0 unspecified atom stereocenters. The van der Waals surface area contributed by atoms with Gasteiger partial charge in [0.25, 0.3) is 5.91 Å². The minimum absolute atomic E-state index is 0.241. The first-order valence-electron chi connectivity index (χ1n) is 7.64. The van der Waals surface area contributed by atoms with Crippen LogP contribution in [0.25, 0.3) is 0 Å². The lowest BCUT2D eigenvalue weighted by Crippen LogP contribution is -2.80. The number of hydrogen-bond donors (Lipinski definition) is 2. The van der Waals surface area contributed by atoms with Gasteiger partial charge in [0.1, 0.15) is 13.1 Å². The van der Waals surface area contributed by atoms with Crippen molar-refractivity contribution in [3.05, 3.63) is 58.1 Å². The maximum atomic E-state index is 10.9. The highest BCUT2D eigenvalue weighted by molar-refractivity contribution is 6.32. The molecule has 1 amide bonds. The van der Waals surface area contributed by atoms with Gasteiger partial charge in [-0.25, -0.2) is 0 Å². The van der Waals surface area contributed by atoms with Crippen LogP contribution < -0.4 is 20.5 Å². The Labute approximate surface area is 146 Å². The maximum absolute atomic E-state index is 10.9. The monoisotopic (exact) mass is 349 g/mol. The van der Waals surface area contributed by atoms with Crippen LogP contribution in [0.3, 0.4) is 0 Å². The second kappa shape index (κ2) is 8.57. The fourth-order valence-corrected chi connectivity index (χ4v) is 2.59. The number of hydrogen-bond acceptors (Lipinski definition) is 3. The van der Waals surface area contributed by atoms with Crippen LogP contribution in [-0.2, 0) is 17.9 Å². The third-order valence-electron chi connectivity index (χ3n) is 3.53. The van der Waals surface area contributed by atoms with E-state index < -0.39 is 5.91 Å². The Kier molecular flexibility index (Phi) is 6.46. The van der Waals surface area contributed by atoms with E-state index in [9.17, 15) is 4.79 Å². The van der Waals surface area contributed by atoms with Gasteiger partial charge >= 0.3 is 0 Å². The Morgan fingerprint density at radius 2 is 1.83 bits per heavy atom. The van der Waals surface area contributed by atoms with Crippen molar-refractivity contribution in [3.63, 3.8) is 0 Å². The molecule has 0 saturated heterocycles. The first-order chi connectivity index (χ1) is 11.5. The molecule has 2 aromatic rings. The largest absolute Gasteiger partial charge is 0.493 e. The van der Waals surface area contributed by atoms with Gasteiger partial charge in [0.05, 0.1) is 12.1 Å². The number of ether oxygens (including phenoxy) is 2. The van der Waals surface area contributed by atoms with Gasteiger partial charge in [-0.3, -0.25) is 4.79 Å². The van der Waals surface area contributed by atoms with Gasteiger partial charge < -0.3 is 20.5 Å². The Bertz CT molecular complexity index is 702. The van der Waals surface area contributed by atoms with Crippen LogP contribution in [-0.4, -0.2) is 19.6 Å². The summed E-state index contributed by atoms with van der Waals surface area (Å²) < 4.78 is 10.6. The van der Waals surface area contributed by atoms with Crippen LogP contribution >= 0.6 is 11.6 Å². The lowest BCUT2D eigenvalue weighted by Gasteiger charge is -2.13. The number of nitrogens with two attached hydrogens (primary N) is 2. The van der Waals surface area contributed by atoms with Crippen molar-refractivity contribution in [2.24, 2.45) is 5.73 Å². The molecule has 128 valence electrons. The summed E-state index contributed by atoms with van der Waals surface area (Å²) in [6.45, 7) is 3.46. The van der Waals surface area contributed by atoms with E-state index >= 15 is 0 Å². The Morgan fingerprint density at radius 1 is 1.17 bits per heavy atom. The first kappa shape index (κ1) is 18.1. The van der Waals surface area contributed by atoms with Crippen molar-refractivity contribution in [3.8, 4) is 11.5 Å². The Morgan fingerprint density at radius 3 is 2.46 bits per heavy atom. The zero-order chi connectivity index (χ0) is 17.5. The molecule has 2 rings (SSSR count). The summed E-state index contributed by atoms with van der Waals surface area (Å²) in [4.78, 5) is 10.9. The minimum atomic E-state index is -0.566. The van der Waals surface area contributed by atoms with Gasteiger partial charge in [0.2, 0.25) is 0 Å². The number of carbonyl (C=O) groups is 1. The zero-order valence-corrected chi connectivity index (χ0v) is 14.6. The van der Waals surface area contributed by atoms with Crippen molar-refractivity contribution in [1.29, 1.82) is 0 Å². The predicted molar refractivity (Wildman–Crippen MR) is 93.2 cm³/mol. The number of methoxy groups -OCH3 is 1.